The van der Waals surface area contributed by atoms with E-state index in [0.29, 0.717) is 0 Å². The van der Waals surface area contributed by atoms with Crippen molar-refractivity contribution in [3.8, 4) is 11.4 Å². The standard InChI is InChI=1S/C16H11N3.ClH/c1-2-4-12-9-13(6-5-11(12)3-1)16-18-14-7-8-17-10-15(14)19-16;/h1-10H,(H,18,19);1H. The van der Waals surface area contributed by atoms with Crippen LogP contribution in [-0.2, 0) is 0 Å². The topological polar surface area (TPSA) is 41.6 Å². The molecule has 0 bridgehead atoms. The predicted molar refractivity (Wildman–Crippen MR) is 84.1 cm³/mol. The average molecular weight is 282 g/mol. The smallest absolute Gasteiger partial charge is 0.138 e. The highest BCUT2D eigenvalue weighted by Crippen LogP contribution is 2.24. The van der Waals surface area contributed by atoms with Crippen molar-refractivity contribution in [2.45, 2.75) is 0 Å². The lowest BCUT2D eigenvalue weighted by Crippen LogP contribution is -1.80. The molecule has 0 atom stereocenters. The Hall–Kier alpha value is -2.39. The van der Waals surface area contributed by atoms with Crippen molar-refractivity contribution in [3.05, 3.63) is 60.9 Å². The average Bonchev–Trinajstić information content (AvgIpc) is 2.90. The summed E-state index contributed by atoms with van der Waals surface area (Å²) in [6, 6.07) is 16.6. The van der Waals surface area contributed by atoms with Gasteiger partial charge in [-0.05, 0) is 22.9 Å². The summed E-state index contributed by atoms with van der Waals surface area (Å²) in [5.74, 6) is 0.883. The van der Waals surface area contributed by atoms with Gasteiger partial charge in [0.25, 0.3) is 0 Å². The lowest BCUT2D eigenvalue weighted by atomic mass is 10.1. The molecule has 0 amide bonds. The van der Waals surface area contributed by atoms with Gasteiger partial charge in [-0.15, -0.1) is 12.4 Å². The van der Waals surface area contributed by atoms with Crippen LogP contribution in [-0.4, -0.2) is 15.0 Å². The zero-order valence-electron chi connectivity index (χ0n) is 10.6. The summed E-state index contributed by atoms with van der Waals surface area (Å²) in [6.45, 7) is 0. The third kappa shape index (κ3) is 2.02. The molecule has 98 valence electrons. The van der Waals surface area contributed by atoms with Crippen LogP contribution in [0, 0.1) is 0 Å². The molecule has 0 spiro atoms. The van der Waals surface area contributed by atoms with E-state index < -0.39 is 0 Å². The number of hydrogen-bond acceptors (Lipinski definition) is 2. The van der Waals surface area contributed by atoms with Crippen LogP contribution in [0.4, 0.5) is 0 Å². The molecule has 1 N–H and O–H groups in total. The van der Waals surface area contributed by atoms with Gasteiger partial charge in [0.05, 0.1) is 17.2 Å². The van der Waals surface area contributed by atoms with Crippen LogP contribution in [0.15, 0.2) is 60.9 Å². The largest absolute Gasteiger partial charge is 0.337 e. The number of nitrogens with one attached hydrogen (secondary N) is 1. The molecule has 0 aliphatic carbocycles. The highest BCUT2D eigenvalue weighted by atomic mass is 35.5. The van der Waals surface area contributed by atoms with Crippen LogP contribution in [0.1, 0.15) is 0 Å². The molecule has 0 saturated heterocycles. The Morgan fingerprint density at radius 2 is 1.75 bits per heavy atom. The molecule has 4 aromatic rings. The van der Waals surface area contributed by atoms with Gasteiger partial charge in [0.15, 0.2) is 0 Å². The first kappa shape index (κ1) is 12.6. The Bertz CT molecular complexity index is 850. The van der Waals surface area contributed by atoms with Crippen LogP contribution in [0.25, 0.3) is 33.2 Å². The van der Waals surface area contributed by atoms with E-state index in [1.807, 2.05) is 6.07 Å². The SMILES string of the molecule is Cl.c1ccc2cc(-c3nc4ccncc4[nH]3)ccc2c1. The number of benzene rings is 2. The van der Waals surface area contributed by atoms with Crippen molar-refractivity contribution in [1.29, 1.82) is 0 Å². The van der Waals surface area contributed by atoms with Gasteiger partial charge in [0, 0.05) is 11.8 Å². The molecular formula is C16H12ClN3. The van der Waals surface area contributed by atoms with Gasteiger partial charge in [-0.1, -0.05) is 36.4 Å². The predicted octanol–water partition coefficient (Wildman–Crippen LogP) is 4.20. The Balaban J connectivity index is 0.00000121. The molecule has 4 rings (SSSR count). The van der Waals surface area contributed by atoms with E-state index in [-0.39, 0.29) is 12.4 Å². The number of hydrogen-bond donors (Lipinski definition) is 1. The van der Waals surface area contributed by atoms with E-state index in [0.717, 1.165) is 22.4 Å². The van der Waals surface area contributed by atoms with Gasteiger partial charge in [-0.25, -0.2) is 4.98 Å². The van der Waals surface area contributed by atoms with Crippen molar-refractivity contribution >= 4 is 34.2 Å². The number of imidazole rings is 1. The van der Waals surface area contributed by atoms with Gasteiger partial charge in [-0.3, -0.25) is 4.98 Å². The minimum atomic E-state index is 0. The molecule has 0 unspecified atom stereocenters. The lowest BCUT2D eigenvalue weighted by molar-refractivity contribution is 1.33. The molecule has 20 heavy (non-hydrogen) atoms. The number of H-pyrrole nitrogens is 1. The number of halogens is 1. The Morgan fingerprint density at radius 1 is 0.900 bits per heavy atom. The van der Waals surface area contributed by atoms with Gasteiger partial charge in [0.2, 0.25) is 0 Å². The maximum atomic E-state index is 4.59. The second-order valence-electron chi connectivity index (χ2n) is 4.54. The third-order valence-electron chi connectivity index (χ3n) is 3.31. The summed E-state index contributed by atoms with van der Waals surface area (Å²) in [7, 11) is 0. The van der Waals surface area contributed by atoms with Crippen LogP contribution in [0.2, 0.25) is 0 Å². The molecule has 3 nitrogen and oxygen atoms in total. The molecule has 0 saturated carbocycles. The molecule has 2 heterocycles. The highest BCUT2D eigenvalue weighted by molar-refractivity contribution is 5.87. The summed E-state index contributed by atoms with van der Waals surface area (Å²) in [5.41, 5.74) is 3.00. The van der Waals surface area contributed by atoms with Crippen molar-refractivity contribution < 1.29 is 0 Å². The molecule has 0 aliphatic rings. The van der Waals surface area contributed by atoms with Crippen LogP contribution < -0.4 is 0 Å². The zero-order valence-corrected chi connectivity index (χ0v) is 11.4. The van der Waals surface area contributed by atoms with Gasteiger partial charge < -0.3 is 4.98 Å². The fourth-order valence-corrected chi connectivity index (χ4v) is 2.33. The fraction of sp³-hybridized carbons (Fsp3) is 0. The molecule has 2 aromatic heterocycles. The first-order chi connectivity index (χ1) is 9.40. The van der Waals surface area contributed by atoms with E-state index in [9.17, 15) is 0 Å². The quantitative estimate of drug-likeness (QED) is 0.568. The van der Waals surface area contributed by atoms with Gasteiger partial charge >= 0.3 is 0 Å². The zero-order chi connectivity index (χ0) is 12.7. The maximum absolute atomic E-state index is 4.59. The second-order valence-corrected chi connectivity index (χ2v) is 4.54. The molecule has 0 aliphatic heterocycles. The Morgan fingerprint density at radius 3 is 2.60 bits per heavy atom. The number of fused-ring (bicyclic) bond motifs is 2. The summed E-state index contributed by atoms with van der Waals surface area (Å²) < 4.78 is 0. The van der Waals surface area contributed by atoms with E-state index >= 15 is 0 Å². The Labute approximate surface area is 122 Å². The van der Waals surface area contributed by atoms with Crippen molar-refractivity contribution in [2.75, 3.05) is 0 Å². The summed E-state index contributed by atoms with van der Waals surface area (Å²) in [6.07, 6.45) is 3.56. The monoisotopic (exact) mass is 281 g/mol. The van der Waals surface area contributed by atoms with Crippen molar-refractivity contribution in [1.82, 2.24) is 15.0 Å². The van der Waals surface area contributed by atoms with Gasteiger partial charge in [-0.2, -0.15) is 0 Å². The number of rotatable bonds is 1. The summed E-state index contributed by atoms with van der Waals surface area (Å²) >= 11 is 0. The second kappa shape index (κ2) is 4.94. The third-order valence-corrected chi connectivity index (χ3v) is 3.31. The van der Waals surface area contributed by atoms with Crippen molar-refractivity contribution in [2.24, 2.45) is 0 Å². The fourth-order valence-electron chi connectivity index (χ4n) is 2.33. The van der Waals surface area contributed by atoms with E-state index in [4.69, 9.17) is 0 Å². The molecule has 2 aromatic carbocycles. The van der Waals surface area contributed by atoms with Crippen LogP contribution in [0.5, 0.6) is 0 Å². The molecule has 0 fully saturated rings. The molecular weight excluding hydrogens is 270 g/mol. The van der Waals surface area contributed by atoms with Crippen LogP contribution in [0.3, 0.4) is 0 Å². The molecule has 0 radical (unpaired) electrons. The minimum Gasteiger partial charge on any atom is -0.337 e. The normalized spacial score (nSPS) is 10.6. The number of pyridine rings is 1. The van der Waals surface area contributed by atoms with Gasteiger partial charge in [0.1, 0.15) is 5.82 Å². The molecule has 4 heteroatoms. The number of nitrogens with zero attached hydrogens (tertiary/aromatic N) is 2. The summed E-state index contributed by atoms with van der Waals surface area (Å²) in [5, 5.41) is 2.46. The van der Waals surface area contributed by atoms with E-state index in [1.165, 1.54) is 10.8 Å². The van der Waals surface area contributed by atoms with Crippen LogP contribution >= 0.6 is 12.4 Å². The Kier molecular flexibility index (Phi) is 3.12. The van der Waals surface area contributed by atoms with E-state index in [2.05, 4.69) is 57.4 Å². The maximum Gasteiger partial charge on any atom is 0.138 e. The first-order valence-electron chi connectivity index (χ1n) is 6.19. The van der Waals surface area contributed by atoms with Crippen molar-refractivity contribution in [3.63, 3.8) is 0 Å². The highest BCUT2D eigenvalue weighted by Gasteiger charge is 2.05. The van der Waals surface area contributed by atoms with E-state index in [1.54, 1.807) is 12.4 Å². The lowest BCUT2D eigenvalue weighted by Gasteiger charge is -2.00. The number of aromatic nitrogens is 3. The number of aromatic amines is 1. The minimum absolute atomic E-state index is 0. The first-order valence-corrected chi connectivity index (χ1v) is 6.19. The summed E-state index contributed by atoms with van der Waals surface area (Å²) in [4.78, 5) is 12.0.